The number of ketones is 1. The van der Waals surface area contributed by atoms with Crippen molar-refractivity contribution in [3.63, 3.8) is 0 Å². The van der Waals surface area contributed by atoms with Gasteiger partial charge in [0.2, 0.25) is 0 Å². The van der Waals surface area contributed by atoms with Gasteiger partial charge in [-0.2, -0.15) is 0 Å². The molecule has 0 saturated heterocycles. The third-order valence-corrected chi connectivity index (χ3v) is 2.44. The molecule has 16 heavy (non-hydrogen) atoms. The number of carbonyl (C=O) groups is 1. The van der Waals surface area contributed by atoms with Crippen LogP contribution in [0.15, 0.2) is 36.6 Å². The number of carbonyl (C=O) groups excluding carboxylic acids is 1. The Hall–Kier alpha value is -1.71. The zero-order valence-corrected chi connectivity index (χ0v) is 8.40. The van der Waals surface area contributed by atoms with Crippen molar-refractivity contribution >= 4 is 5.78 Å². The summed E-state index contributed by atoms with van der Waals surface area (Å²) in [5, 5.41) is 0. The van der Waals surface area contributed by atoms with E-state index >= 15 is 0 Å². The molecule has 0 radical (unpaired) electrons. The van der Waals surface area contributed by atoms with E-state index in [-0.39, 0.29) is 23.9 Å². The number of hydrogen-bond acceptors (Lipinski definition) is 2. The summed E-state index contributed by atoms with van der Waals surface area (Å²) in [5.41, 5.74) is 0.712. The Morgan fingerprint density at radius 1 is 1.25 bits per heavy atom. The molecule has 84 valence electrons. The summed E-state index contributed by atoms with van der Waals surface area (Å²) in [6.45, 7) is 0. The minimum atomic E-state index is -2.47. The molecule has 1 aliphatic heterocycles. The molecule has 1 aliphatic rings. The van der Waals surface area contributed by atoms with Crippen molar-refractivity contribution < 1.29 is 18.3 Å². The lowest BCUT2D eigenvalue weighted by molar-refractivity contribution is -0.118. The van der Waals surface area contributed by atoms with Crippen molar-refractivity contribution in [1.29, 1.82) is 0 Å². The van der Waals surface area contributed by atoms with E-state index in [9.17, 15) is 13.6 Å². The zero-order valence-electron chi connectivity index (χ0n) is 8.40. The van der Waals surface area contributed by atoms with Gasteiger partial charge in [-0.3, -0.25) is 4.79 Å². The molecule has 0 N–H and O–H groups in total. The van der Waals surface area contributed by atoms with Crippen molar-refractivity contribution in [2.45, 2.75) is 19.0 Å². The quantitative estimate of drug-likeness (QED) is 0.771. The second-order valence-corrected chi connectivity index (χ2v) is 3.57. The predicted octanol–water partition coefficient (Wildman–Crippen LogP) is 3.17. The first-order valence-corrected chi connectivity index (χ1v) is 4.89. The molecule has 0 bridgehead atoms. The summed E-state index contributed by atoms with van der Waals surface area (Å²) in [4.78, 5) is 11.1. The van der Waals surface area contributed by atoms with Crippen LogP contribution in [0.25, 0.3) is 0 Å². The van der Waals surface area contributed by atoms with Crippen LogP contribution in [-0.4, -0.2) is 5.78 Å². The SMILES string of the molecule is O=C1C=COC(c2ccc(C(F)F)cc2)C1. The average molecular weight is 224 g/mol. The van der Waals surface area contributed by atoms with Crippen molar-refractivity contribution in [2.24, 2.45) is 0 Å². The first-order chi connectivity index (χ1) is 7.66. The van der Waals surface area contributed by atoms with E-state index in [0.29, 0.717) is 0 Å². The van der Waals surface area contributed by atoms with Crippen LogP contribution in [0.4, 0.5) is 8.78 Å². The van der Waals surface area contributed by atoms with E-state index in [0.717, 1.165) is 5.56 Å². The van der Waals surface area contributed by atoms with E-state index in [1.807, 2.05) is 0 Å². The van der Waals surface area contributed by atoms with Crippen LogP contribution in [0.1, 0.15) is 30.1 Å². The maximum Gasteiger partial charge on any atom is 0.263 e. The Bertz CT molecular complexity index is 410. The maximum atomic E-state index is 12.3. The van der Waals surface area contributed by atoms with E-state index in [1.54, 1.807) is 12.1 Å². The standard InChI is InChI=1S/C12H10F2O2/c13-12(14)9-3-1-8(2-4-9)11-7-10(15)5-6-16-11/h1-6,11-12H,7H2. The highest BCUT2D eigenvalue weighted by Crippen LogP contribution is 2.27. The van der Waals surface area contributed by atoms with E-state index < -0.39 is 6.43 Å². The molecule has 2 nitrogen and oxygen atoms in total. The van der Waals surface area contributed by atoms with Crippen LogP contribution in [0.5, 0.6) is 0 Å². The van der Waals surface area contributed by atoms with E-state index in [2.05, 4.69) is 0 Å². The number of allylic oxidation sites excluding steroid dienone is 1. The largest absolute Gasteiger partial charge is 0.493 e. The molecule has 2 rings (SSSR count). The van der Waals surface area contributed by atoms with Crippen LogP contribution < -0.4 is 0 Å². The summed E-state index contributed by atoms with van der Waals surface area (Å²) in [7, 11) is 0. The summed E-state index contributed by atoms with van der Waals surface area (Å²) in [6, 6.07) is 5.84. The van der Waals surface area contributed by atoms with Crippen LogP contribution in [0.3, 0.4) is 0 Å². The van der Waals surface area contributed by atoms with Crippen molar-refractivity contribution in [3.8, 4) is 0 Å². The molecular formula is C12H10F2O2. The van der Waals surface area contributed by atoms with Crippen molar-refractivity contribution in [3.05, 3.63) is 47.7 Å². The Balaban J connectivity index is 2.16. The van der Waals surface area contributed by atoms with Gasteiger partial charge in [-0.25, -0.2) is 8.78 Å². The number of alkyl halides is 2. The van der Waals surface area contributed by atoms with Crippen LogP contribution in [0.2, 0.25) is 0 Å². The molecule has 1 aromatic rings. The zero-order chi connectivity index (χ0) is 11.5. The van der Waals surface area contributed by atoms with Gasteiger partial charge in [0.25, 0.3) is 6.43 Å². The van der Waals surface area contributed by atoms with Crippen LogP contribution >= 0.6 is 0 Å². The highest BCUT2D eigenvalue weighted by Gasteiger charge is 2.19. The minimum absolute atomic E-state index is 0.0193. The van der Waals surface area contributed by atoms with Gasteiger partial charge < -0.3 is 4.74 Å². The molecule has 0 aromatic heterocycles. The molecular weight excluding hydrogens is 214 g/mol. The Morgan fingerprint density at radius 3 is 2.50 bits per heavy atom. The summed E-state index contributed by atoms with van der Waals surface area (Å²) >= 11 is 0. The lowest BCUT2D eigenvalue weighted by atomic mass is 10.0. The molecule has 1 atom stereocenters. The van der Waals surface area contributed by atoms with Gasteiger partial charge in [0, 0.05) is 11.6 Å². The second-order valence-electron chi connectivity index (χ2n) is 3.57. The van der Waals surface area contributed by atoms with Crippen molar-refractivity contribution in [1.82, 2.24) is 0 Å². The fourth-order valence-electron chi connectivity index (χ4n) is 1.56. The molecule has 4 heteroatoms. The fraction of sp³-hybridized carbons (Fsp3) is 0.250. The average Bonchev–Trinajstić information content (AvgIpc) is 2.29. The molecule has 1 unspecified atom stereocenters. The van der Waals surface area contributed by atoms with Crippen LogP contribution in [-0.2, 0) is 9.53 Å². The fourth-order valence-corrected chi connectivity index (χ4v) is 1.56. The van der Waals surface area contributed by atoms with Gasteiger partial charge >= 0.3 is 0 Å². The minimum Gasteiger partial charge on any atom is -0.493 e. The van der Waals surface area contributed by atoms with E-state index in [1.165, 1.54) is 24.5 Å². The Labute approximate surface area is 91.5 Å². The lowest BCUT2D eigenvalue weighted by Gasteiger charge is -2.19. The monoisotopic (exact) mass is 224 g/mol. The Kier molecular flexibility index (Phi) is 2.99. The Morgan fingerprint density at radius 2 is 1.94 bits per heavy atom. The van der Waals surface area contributed by atoms with Gasteiger partial charge in [0.1, 0.15) is 6.10 Å². The highest BCUT2D eigenvalue weighted by molar-refractivity contribution is 5.90. The lowest BCUT2D eigenvalue weighted by Crippen LogP contribution is -2.11. The smallest absolute Gasteiger partial charge is 0.263 e. The molecule has 0 aliphatic carbocycles. The molecule has 0 fully saturated rings. The van der Waals surface area contributed by atoms with Gasteiger partial charge in [-0.05, 0) is 5.56 Å². The first-order valence-electron chi connectivity index (χ1n) is 4.89. The summed E-state index contributed by atoms with van der Waals surface area (Å²) in [5.74, 6) is -0.0193. The molecule has 0 spiro atoms. The molecule has 0 saturated carbocycles. The molecule has 1 aromatic carbocycles. The van der Waals surface area contributed by atoms with E-state index in [4.69, 9.17) is 4.74 Å². The number of halogens is 2. The predicted molar refractivity (Wildman–Crippen MR) is 54.0 cm³/mol. The highest BCUT2D eigenvalue weighted by atomic mass is 19.3. The van der Waals surface area contributed by atoms with Crippen molar-refractivity contribution in [2.75, 3.05) is 0 Å². The molecule has 1 heterocycles. The van der Waals surface area contributed by atoms with Gasteiger partial charge in [-0.1, -0.05) is 24.3 Å². The van der Waals surface area contributed by atoms with Crippen LogP contribution in [0, 0.1) is 0 Å². The topological polar surface area (TPSA) is 26.3 Å². The van der Waals surface area contributed by atoms with Gasteiger partial charge in [0.05, 0.1) is 12.7 Å². The summed E-state index contributed by atoms with van der Waals surface area (Å²) < 4.78 is 29.9. The van der Waals surface area contributed by atoms with Gasteiger partial charge in [-0.15, -0.1) is 0 Å². The summed E-state index contributed by atoms with van der Waals surface area (Å²) in [6.07, 6.45) is 0.138. The number of ether oxygens (including phenoxy) is 1. The normalized spacial score (nSPS) is 19.9. The molecule has 0 amide bonds. The maximum absolute atomic E-state index is 12.3. The van der Waals surface area contributed by atoms with Gasteiger partial charge in [0.15, 0.2) is 5.78 Å². The number of hydrogen-bond donors (Lipinski definition) is 0. The second kappa shape index (κ2) is 4.43. The third kappa shape index (κ3) is 2.27. The number of rotatable bonds is 2. The first kappa shape index (κ1) is 10.8. The third-order valence-electron chi connectivity index (χ3n) is 2.44. The number of benzene rings is 1.